The number of carbonyl (C=O) groups is 2. The molecule has 0 bridgehead atoms. The van der Waals surface area contributed by atoms with Crippen LogP contribution >= 0.6 is 0 Å². The average molecular weight is 404 g/mol. The quantitative estimate of drug-likeness (QED) is 0.659. The Labute approximate surface area is 175 Å². The van der Waals surface area contributed by atoms with E-state index >= 15 is 0 Å². The molecule has 4 rings (SSSR count). The van der Waals surface area contributed by atoms with E-state index in [1.807, 2.05) is 48.9 Å². The number of aromatic nitrogens is 2. The molecule has 1 aliphatic rings. The van der Waals surface area contributed by atoms with Crippen molar-refractivity contribution >= 4 is 23.2 Å². The summed E-state index contributed by atoms with van der Waals surface area (Å²) in [5, 5.41) is 10.2. The van der Waals surface area contributed by atoms with E-state index < -0.39 is 6.10 Å². The summed E-state index contributed by atoms with van der Waals surface area (Å²) in [6.45, 7) is 4.51. The van der Waals surface area contributed by atoms with Crippen LogP contribution in [0.2, 0.25) is 0 Å². The van der Waals surface area contributed by atoms with Crippen LogP contribution in [0.3, 0.4) is 0 Å². The zero-order valence-electron chi connectivity index (χ0n) is 17.0. The van der Waals surface area contributed by atoms with Gasteiger partial charge in [-0.25, -0.2) is 0 Å². The van der Waals surface area contributed by atoms with E-state index in [9.17, 15) is 9.59 Å². The van der Waals surface area contributed by atoms with Crippen LogP contribution < -0.4 is 15.4 Å². The smallest absolute Gasteiger partial charge is 0.266 e. The van der Waals surface area contributed by atoms with Gasteiger partial charge in [0.1, 0.15) is 5.75 Å². The molecule has 1 aliphatic heterocycles. The molecule has 1 aromatic heterocycles. The summed E-state index contributed by atoms with van der Waals surface area (Å²) in [4.78, 5) is 24.9. The molecule has 7 nitrogen and oxygen atoms in total. The normalized spacial score (nSPS) is 15.1. The number of rotatable bonds is 6. The van der Waals surface area contributed by atoms with Gasteiger partial charge in [-0.2, -0.15) is 5.10 Å². The summed E-state index contributed by atoms with van der Waals surface area (Å²) in [6.07, 6.45) is -0.0893. The SMILES string of the molecule is Cc1nn(CCc2ccccc2)c(C)c1NC(=O)CC1Oc2ccccc2NC1=O. The molecule has 0 fully saturated rings. The first-order chi connectivity index (χ1) is 14.5. The van der Waals surface area contributed by atoms with Gasteiger partial charge in [-0.3, -0.25) is 14.3 Å². The second-order valence-electron chi connectivity index (χ2n) is 7.35. The van der Waals surface area contributed by atoms with Crippen LogP contribution in [0.25, 0.3) is 0 Å². The van der Waals surface area contributed by atoms with Crippen molar-refractivity contribution in [2.75, 3.05) is 10.6 Å². The first-order valence-corrected chi connectivity index (χ1v) is 9.95. The van der Waals surface area contributed by atoms with Crippen molar-refractivity contribution < 1.29 is 14.3 Å². The molecule has 0 spiro atoms. The van der Waals surface area contributed by atoms with Gasteiger partial charge in [0, 0.05) is 6.54 Å². The van der Waals surface area contributed by atoms with Gasteiger partial charge in [0.05, 0.1) is 29.2 Å². The zero-order valence-corrected chi connectivity index (χ0v) is 17.0. The van der Waals surface area contributed by atoms with Gasteiger partial charge in [-0.05, 0) is 38.0 Å². The molecule has 0 radical (unpaired) electrons. The van der Waals surface area contributed by atoms with Gasteiger partial charge in [0.15, 0.2) is 6.10 Å². The third kappa shape index (κ3) is 4.20. The number of amides is 2. The lowest BCUT2D eigenvalue weighted by Crippen LogP contribution is -2.39. The van der Waals surface area contributed by atoms with Crippen LogP contribution in [0.1, 0.15) is 23.4 Å². The van der Waals surface area contributed by atoms with E-state index in [4.69, 9.17) is 4.74 Å². The standard InChI is InChI=1S/C23H24N4O3/c1-15-22(16(2)27(26-15)13-12-17-8-4-3-5-9-17)25-21(28)14-20-23(29)24-18-10-6-7-11-19(18)30-20/h3-11,20H,12-14H2,1-2H3,(H,24,29)(H,25,28). The number of carbonyl (C=O) groups excluding carboxylic acids is 2. The Morgan fingerprint density at radius 1 is 1.13 bits per heavy atom. The number of ether oxygens (including phenoxy) is 1. The van der Waals surface area contributed by atoms with Crippen molar-refractivity contribution in [2.45, 2.75) is 39.3 Å². The summed E-state index contributed by atoms with van der Waals surface area (Å²) in [5.41, 5.74) is 4.16. The highest BCUT2D eigenvalue weighted by Gasteiger charge is 2.30. The maximum atomic E-state index is 12.6. The molecule has 1 unspecified atom stereocenters. The molecule has 7 heteroatoms. The van der Waals surface area contributed by atoms with Crippen molar-refractivity contribution in [1.29, 1.82) is 0 Å². The van der Waals surface area contributed by atoms with Crippen LogP contribution in [0.5, 0.6) is 5.75 Å². The minimum absolute atomic E-state index is 0.0752. The minimum Gasteiger partial charge on any atom is -0.478 e. The summed E-state index contributed by atoms with van der Waals surface area (Å²) in [6, 6.07) is 17.4. The molecule has 0 saturated carbocycles. The Morgan fingerprint density at radius 3 is 2.67 bits per heavy atom. The highest BCUT2D eigenvalue weighted by molar-refractivity contribution is 6.02. The Bertz CT molecular complexity index is 1080. The minimum atomic E-state index is -0.867. The lowest BCUT2D eigenvalue weighted by Gasteiger charge is -2.25. The van der Waals surface area contributed by atoms with Gasteiger partial charge >= 0.3 is 0 Å². The van der Waals surface area contributed by atoms with Gasteiger partial charge in [-0.1, -0.05) is 42.5 Å². The van der Waals surface area contributed by atoms with Crippen molar-refractivity contribution in [2.24, 2.45) is 0 Å². The Kier molecular flexibility index (Phi) is 5.52. The molecular formula is C23H24N4O3. The topological polar surface area (TPSA) is 85.2 Å². The zero-order chi connectivity index (χ0) is 21.1. The van der Waals surface area contributed by atoms with Crippen molar-refractivity contribution in [3.05, 3.63) is 71.5 Å². The van der Waals surface area contributed by atoms with E-state index in [0.29, 0.717) is 17.1 Å². The highest BCUT2D eigenvalue weighted by Crippen LogP contribution is 2.30. The molecule has 30 heavy (non-hydrogen) atoms. The predicted octanol–water partition coefficient (Wildman–Crippen LogP) is 3.47. The number of para-hydroxylation sites is 2. The molecule has 0 saturated heterocycles. The first-order valence-electron chi connectivity index (χ1n) is 9.95. The van der Waals surface area contributed by atoms with Gasteiger partial charge in [0.25, 0.3) is 5.91 Å². The molecule has 3 aromatic rings. The van der Waals surface area contributed by atoms with Crippen molar-refractivity contribution in [3.63, 3.8) is 0 Å². The second kappa shape index (κ2) is 8.41. The summed E-state index contributed by atoms with van der Waals surface area (Å²) in [7, 11) is 0. The molecular weight excluding hydrogens is 380 g/mol. The number of hydrogen-bond acceptors (Lipinski definition) is 4. The van der Waals surface area contributed by atoms with E-state index in [0.717, 1.165) is 24.4 Å². The predicted molar refractivity (Wildman–Crippen MR) is 115 cm³/mol. The van der Waals surface area contributed by atoms with E-state index in [1.54, 1.807) is 12.1 Å². The number of nitrogens with zero attached hydrogens (tertiary/aromatic N) is 2. The molecule has 2 N–H and O–H groups in total. The van der Waals surface area contributed by atoms with Crippen LogP contribution in [0.4, 0.5) is 11.4 Å². The number of benzene rings is 2. The lowest BCUT2D eigenvalue weighted by atomic mass is 10.1. The number of anilines is 2. The highest BCUT2D eigenvalue weighted by atomic mass is 16.5. The van der Waals surface area contributed by atoms with E-state index in [2.05, 4.69) is 27.9 Å². The van der Waals surface area contributed by atoms with Gasteiger partial charge in [0.2, 0.25) is 5.91 Å². The van der Waals surface area contributed by atoms with Crippen LogP contribution in [-0.2, 0) is 22.6 Å². The lowest BCUT2D eigenvalue weighted by molar-refractivity contribution is -0.128. The fraction of sp³-hybridized carbons (Fsp3) is 0.261. The molecule has 2 heterocycles. The monoisotopic (exact) mass is 404 g/mol. The molecule has 2 aromatic carbocycles. The Morgan fingerprint density at radius 2 is 1.87 bits per heavy atom. The molecule has 2 amide bonds. The van der Waals surface area contributed by atoms with Gasteiger partial charge < -0.3 is 15.4 Å². The maximum Gasteiger partial charge on any atom is 0.266 e. The molecule has 154 valence electrons. The van der Waals surface area contributed by atoms with Crippen LogP contribution in [-0.4, -0.2) is 27.7 Å². The molecule has 1 atom stereocenters. The Balaban J connectivity index is 1.40. The maximum absolute atomic E-state index is 12.6. The second-order valence-corrected chi connectivity index (χ2v) is 7.35. The van der Waals surface area contributed by atoms with E-state index in [-0.39, 0.29) is 18.2 Å². The van der Waals surface area contributed by atoms with Gasteiger partial charge in [-0.15, -0.1) is 0 Å². The summed E-state index contributed by atoms with van der Waals surface area (Å²) >= 11 is 0. The summed E-state index contributed by atoms with van der Waals surface area (Å²) < 4.78 is 7.61. The number of hydrogen-bond donors (Lipinski definition) is 2. The Hall–Kier alpha value is -3.61. The van der Waals surface area contributed by atoms with Crippen LogP contribution in [0, 0.1) is 13.8 Å². The third-order valence-corrected chi connectivity index (χ3v) is 5.18. The number of fused-ring (bicyclic) bond motifs is 1. The third-order valence-electron chi connectivity index (χ3n) is 5.18. The largest absolute Gasteiger partial charge is 0.478 e. The summed E-state index contributed by atoms with van der Waals surface area (Å²) in [5.74, 6) is -0.0461. The van der Waals surface area contributed by atoms with Crippen LogP contribution in [0.15, 0.2) is 54.6 Å². The van der Waals surface area contributed by atoms with Crippen molar-refractivity contribution in [1.82, 2.24) is 9.78 Å². The molecule has 0 aliphatic carbocycles. The average Bonchev–Trinajstić information content (AvgIpc) is 3.01. The fourth-order valence-electron chi connectivity index (χ4n) is 3.56. The first kappa shape index (κ1) is 19.7. The van der Waals surface area contributed by atoms with E-state index in [1.165, 1.54) is 5.56 Å². The number of aryl methyl sites for hydroxylation is 3. The fourth-order valence-corrected chi connectivity index (χ4v) is 3.56. The number of nitrogens with one attached hydrogen (secondary N) is 2. The van der Waals surface area contributed by atoms with Crippen molar-refractivity contribution in [3.8, 4) is 5.75 Å².